The first-order chi connectivity index (χ1) is 7.36. The lowest BCUT2D eigenvalue weighted by molar-refractivity contribution is 0.779. The third kappa shape index (κ3) is 4.28. The number of hydrogen-bond donors (Lipinski definition) is 1. The number of pyridine rings is 1. The van der Waals surface area contributed by atoms with E-state index < -0.39 is 0 Å². The van der Waals surface area contributed by atoms with Crippen molar-refractivity contribution in [1.82, 2.24) is 4.98 Å². The largest absolute Gasteiger partial charge is 0.384 e. The van der Waals surface area contributed by atoms with E-state index in [0.29, 0.717) is 5.69 Å². The highest BCUT2D eigenvalue weighted by Crippen LogP contribution is 2.06. The Morgan fingerprint density at radius 1 is 1.47 bits per heavy atom. The van der Waals surface area contributed by atoms with Gasteiger partial charge in [0.05, 0.1) is 11.9 Å². The van der Waals surface area contributed by atoms with Crippen molar-refractivity contribution >= 4 is 5.69 Å². The minimum atomic E-state index is 0.451. The SMILES string of the molecule is C=CCCCCNc1ccc(C#N)nc1. The van der Waals surface area contributed by atoms with Crippen LogP contribution in [0.3, 0.4) is 0 Å². The standard InChI is InChI=1S/C12H15N3/c1-2-3-4-5-8-14-12-7-6-11(9-13)15-10-12/h2,6-7,10,14H,1,3-5,8H2. The molecule has 3 nitrogen and oxygen atoms in total. The van der Waals surface area contributed by atoms with Crippen LogP contribution in [0.1, 0.15) is 25.0 Å². The monoisotopic (exact) mass is 201 g/mol. The summed E-state index contributed by atoms with van der Waals surface area (Å²) in [6.07, 6.45) is 6.95. The maximum Gasteiger partial charge on any atom is 0.140 e. The van der Waals surface area contributed by atoms with Crippen LogP contribution in [0.4, 0.5) is 5.69 Å². The highest BCUT2D eigenvalue weighted by molar-refractivity contribution is 5.42. The van der Waals surface area contributed by atoms with E-state index in [0.717, 1.165) is 31.5 Å². The van der Waals surface area contributed by atoms with Gasteiger partial charge in [0.1, 0.15) is 11.8 Å². The van der Waals surface area contributed by atoms with E-state index in [2.05, 4.69) is 16.9 Å². The predicted octanol–water partition coefficient (Wildman–Crippen LogP) is 2.72. The van der Waals surface area contributed by atoms with Crippen LogP contribution in [-0.4, -0.2) is 11.5 Å². The highest BCUT2D eigenvalue weighted by Gasteiger charge is 1.93. The number of nitriles is 1. The van der Waals surface area contributed by atoms with Gasteiger partial charge in [-0.2, -0.15) is 5.26 Å². The Kier molecular flexibility index (Phi) is 4.96. The minimum absolute atomic E-state index is 0.451. The van der Waals surface area contributed by atoms with Crippen molar-refractivity contribution in [2.24, 2.45) is 0 Å². The molecule has 0 saturated heterocycles. The number of allylic oxidation sites excluding steroid dienone is 1. The molecule has 0 amide bonds. The van der Waals surface area contributed by atoms with Gasteiger partial charge in [-0.3, -0.25) is 0 Å². The van der Waals surface area contributed by atoms with Crippen molar-refractivity contribution in [1.29, 1.82) is 5.26 Å². The van der Waals surface area contributed by atoms with Gasteiger partial charge in [-0.05, 0) is 31.4 Å². The number of hydrogen-bond acceptors (Lipinski definition) is 3. The zero-order valence-electron chi connectivity index (χ0n) is 8.74. The fourth-order valence-electron chi connectivity index (χ4n) is 1.21. The van der Waals surface area contributed by atoms with Crippen molar-refractivity contribution < 1.29 is 0 Å². The van der Waals surface area contributed by atoms with Gasteiger partial charge in [0.2, 0.25) is 0 Å². The van der Waals surface area contributed by atoms with Crippen LogP contribution < -0.4 is 5.32 Å². The summed E-state index contributed by atoms with van der Waals surface area (Å²) in [6.45, 7) is 4.61. The van der Waals surface area contributed by atoms with Crippen molar-refractivity contribution in [2.75, 3.05) is 11.9 Å². The number of nitrogens with zero attached hydrogens (tertiary/aromatic N) is 2. The molecule has 0 aliphatic heterocycles. The summed E-state index contributed by atoms with van der Waals surface area (Å²) < 4.78 is 0. The molecule has 0 aromatic carbocycles. The molecule has 0 fully saturated rings. The van der Waals surface area contributed by atoms with Crippen molar-refractivity contribution in [3.05, 3.63) is 36.7 Å². The summed E-state index contributed by atoms with van der Waals surface area (Å²) in [6, 6.07) is 5.58. The van der Waals surface area contributed by atoms with Gasteiger partial charge in [-0.15, -0.1) is 6.58 Å². The van der Waals surface area contributed by atoms with Crippen LogP contribution in [0.15, 0.2) is 31.0 Å². The normalized spacial score (nSPS) is 9.27. The second-order valence-corrected chi connectivity index (χ2v) is 3.26. The van der Waals surface area contributed by atoms with E-state index in [9.17, 15) is 0 Å². The maximum atomic E-state index is 8.56. The fourth-order valence-corrected chi connectivity index (χ4v) is 1.21. The van der Waals surface area contributed by atoms with E-state index in [4.69, 9.17) is 5.26 Å². The van der Waals surface area contributed by atoms with E-state index in [1.165, 1.54) is 0 Å². The molecular weight excluding hydrogens is 186 g/mol. The maximum absolute atomic E-state index is 8.56. The van der Waals surface area contributed by atoms with Gasteiger partial charge in [0.15, 0.2) is 0 Å². The molecule has 1 aromatic heterocycles. The molecule has 1 heterocycles. The molecule has 0 aliphatic rings. The average Bonchev–Trinajstić information content (AvgIpc) is 2.30. The van der Waals surface area contributed by atoms with Crippen molar-refractivity contribution in [2.45, 2.75) is 19.3 Å². The third-order valence-corrected chi connectivity index (χ3v) is 2.04. The summed E-state index contributed by atoms with van der Waals surface area (Å²) >= 11 is 0. The van der Waals surface area contributed by atoms with Crippen LogP contribution >= 0.6 is 0 Å². The van der Waals surface area contributed by atoms with Gasteiger partial charge in [0, 0.05) is 6.54 Å². The lowest BCUT2D eigenvalue weighted by atomic mass is 10.2. The average molecular weight is 201 g/mol. The molecule has 0 atom stereocenters. The second kappa shape index (κ2) is 6.61. The molecule has 0 spiro atoms. The molecule has 0 radical (unpaired) electrons. The lowest BCUT2D eigenvalue weighted by Gasteiger charge is -2.04. The van der Waals surface area contributed by atoms with E-state index >= 15 is 0 Å². The van der Waals surface area contributed by atoms with E-state index in [1.54, 1.807) is 12.3 Å². The molecule has 0 aliphatic carbocycles. The Labute approximate surface area is 90.5 Å². The zero-order chi connectivity index (χ0) is 10.9. The summed E-state index contributed by atoms with van der Waals surface area (Å²) in [5.41, 5.74) is 1.42. The summed E-state index contributed by atoms with van der Waals surface area (Å²) in [5.74, 6) is 0. The lowest BCUT2D eigenvalue weighted by Crippen LogP contribution is -2.01. The number of nitrogens with one attached hydrogen (secondary N) is 1. The van der Waals surface area contributed by atoms with E-state index in [1.807, 2.05) is 18.2 Å². The topological polar surface area (TPSA) is 48.7 Å². The van der Waals surface area contributed by atoms with Crippen LogP contribution in [0.5, 0.6) is 0 Å². The molecule has 0 saturated carbocycles. The Bertz CT molecular complexity index is 335. The third-order valence-electron chi connectivity index (χ3n) is 2.04. The quantitative estimate of drug-likeness (QED) is 0.568. The summed E-state index contributed by atoms with van der Waals surface area (Å²) in [4.78, 5) is 3.97. The van der Waals surface area contributed by atoms with Crippen LogP contribution in [0.25, 0.3) is 0 Å². The summed E-state index contributed by atoms with van der Waals surface area (Å²) in [7, 11) is 0. The van der Waals surface area contributed by atoms with Crippen LogP contribution in [0, 0.1) is 11.3 Å². The summed E-state index contributed by atoms with van der Waals surface area (Å²) in [5, 5.41) is 11.8. The zero-order valence-corrected chi connectivity index (χ0v) is 8.74. The van der Waals surface area contributed by atoms with Gasteiger partial charge < -0.3 is 5.32 Å². The number of rotatable bonds is 6. The number of unbranched alkanes of at least 4 members (excludes halogenated alkanes) is 2. The van der Waals surface area contributed by atoms with Crippen LogP contribution in [-0.2, 0) is 0 Å². The number of anilines is 1. The number of aromatic nitrogens is 1. The smallest absolute Gasteiger partial charge is 0.140 e. The minimum Gasteiger partial charge on any atom is -0.384 e. The first-order valence-corrected chi connectivity index (χ1v) is 5.07. The molecule has 1 rings (SSSR count). The Morgan fingerprint density at radius 3 is 2.93 bits per heavy atom. The molecule has 15 heavy (non-hydrogen) atoms. The second-order valence-electron chi connectivity index (χ2n) is 3.26. The first kappa shape index (κ1) is 11.3. The molecule has 78 valence electrons. The Morgan fingerprint density at radius 2 is 2.33 bits per heavy atom. The van der Waals surface area contributed by atoms with Gasteiger partial charge in [0.25, 0.3) is 0 Å². The highest BCUT2D eigenvalue weighted by atomic mass is 14.9. The molecule has 1 aromatic rings. The van der Waals surface area contributed by atoms with Gasteiger partial charge >= 0.3 is 0 Å². The predicted molar refractivity (Wildman–Crippen MR) is 61.5 cm³/mol. The Hall–Kier alpha value is -1.82. The Balaban J connectivity index is 2.26. The van der Waals surface area contributed by atoms with Gasteiger partial charge in [-0.25, -0.2) is 4.98 Å². The molecule has 1 N–H and O–H groups in total. The molecular formula is C12H15N3. The first-order valence-electron chi connectivity index (χ1n) is 5.07. The fraction of sp³-hybridized carbons (Fsp3) is 0.333. The van der Waals surface area contributed by atoms with Crippen molar-refractivity contribution in [3.8, 4) is 6.07 Å². The van der Waals surface area contributed by atoms with E-state index in [-0.39, 0.29) is 0 Å². The molecule has 0 bridgehead atoms. The van der Waals surface area contributed by atoms with Crippen molar-refractivity contribution in [3.63, 3.8) is 0 Å². The molecule has 3 heteroatoms. The van der Waals surface area contributed by atoms with Crippen LogP contribution in [0.2, 0.25) is 0 Å². The van der Waals surface area contributed by atoms with Gasteiger partial charge in [-0.1, -0.05) is 6.08 Å². The molecule has 0 unspecified atom stereocenters.